The van der Waals surface area contributed by atoms with Crippen molar-refractivity contribution in [2.45, 2.75) is 13.0 Å². The van der Waals surface area contributed by atoms with Crippen molar-refractivity contribution in [3.8, 4) is 0 Å². The topological polar surface area (TPSA) is 12.0 Å². The average molecular weight is 286 g/mol. The van der Waals surface area contributed by atoms with Crippen LogP contribution >= 0.6 is 27.7 Å². The Kier molecular flexibility index (Phi) is 4.12. The van der Waals surface area contributed by atoms with Crippen molar-refractivity contribution < 1.29 is 0 Å². The number of nitrogens with one attached hydrogen (secondary N) is 1. The van der Waals surface area contributed by atoms with Crippen LogP contribution in [-0.2, 0) is 0 Å². The van der Waals surface area contributed by atoms with E-state index in [1.165, 1.54) is 21.5 Å². The van der Waals surface area contributed by atoms with Crippen molar-refractivity contribution in [2.24, 2.45) is 5.92 Å². The Hall–Kier alpha value is 0.01000. The van der Waals surface area contributed by atoms with Gasteiger partial charge in [-0.3, -0.25) is 0 Å². The summed E-state index contributed by atoms with van der Waals surface area (Å²) in [7, 11) is 0. The van der Waals surface area contributed by atoms with Gasteiger partial charge in [0.15, 0.2) is 0 Å². The highest BCUT2D eigenvalue weighted by Crippen LogP contribution is 2.28. The molecule has 1 fully saturated rings. The molecule has 0 bridgehead atoms. The summed E-state index contributed by atoms with van der Waals surface area (Å²) in [4.78, 5) is 0. The molecule has 1 aromatic rings. The van der Waals surface area contributed by atoms with Gasteiger partial charge >= 0.3 is 0 Å². The highest BCUT2D eigenvalue weighted by atomic mass is 79.9. The molecule has 0 saturated carbocycles. The van der Waals surface area contributed by atoms with E-state index in [0.29, 0.717) is 6.04 Å². The standard InChI is InChI=1S/C12H16BrNS/c1-9-6-14-12(8-15-7-9)10-4-2-3-5-11(10)13/h2-5,9,12,14H,6-8H2,1H3. The molecule has 0 radical (unpaired) electrons. The maximum absolute atomic E-state index is 3.64. The monoisotopic (exact) mass is 285 g/mol. The molecule has 1 heterocycles. The van der Waals surface area contributed by atoms with E-state index in [9.17, 15) is 0 Å². The molecule has 0 aromatic heterocycles. The number of thioether (sulfide) groups is 1. The van der Waals surface area contributed by atoms with Gasteiger partial charge in [-0.1, -0.05) is 41.1 Å². The van der Waals surface area contributed by atoms with Gasteiger partial charge in [-0.25, -0.2) is 0 Å². The first-order valence-corrected chi connectivity index (χ1v) is 7.27. The van der Waals surface area contributed by atoms with Crippen LogP contribution in [0.5, 0.6) is 0 Å². The fraction of sp³-hybridized carbons (Fsp3) is 0.500. The van der Waals surface area contributed by atoms with Gasteiger partial charge in [0.25, 0.3) is 0 Å². The number of benzene rings is 1. The molecule has 15 heavy (non-hydrogen) atoms. The Labute approximate surface area is 104 Å². The summed E-state index contributed by atoms with van der Waals surface area (Å²) in [5.74, 6) is 3.23. The van der Waals surface area contributed by atoms with Crippen LogP contribution in [0.4, 0.5) is 0 Å². The van der Waals surface area contributed by atoms with Gasteiger partial charge in [0.1, 0.15) is 0 Å². The Balaban J connectivity index is 2.13. The summed E-state index contributed by atoms with van der Waals surface area (Å²) in [5, 5.41) is 3.64. The normalized spacial score (nSPS) is 27.3. The van der Waals surface area contributed by atoms with Crippen molar-refractivity contribution in [1.29, 1.82) is 0 Å². The van der Waals surface area contributed by atoms with Gasteiger partial charge in [-0.2, -0.15) is 11.8 Å². The van der Waals surface area contributed by atoms with Gasteiger partial charge in [0.05, 0.1) is 0 Å². The summed E-state index contributed by atoms with van der Waals surface area (Å²) >= 11 is 5.68. The lowest BCUT2D eigenvalue weighted by molar-refractivity contribution is 0.516. The molecule has 82 valence electrons. The van der Waals surface area contributed by atoms with Gasteiger partial charge in [0.2, 0.25) is 0 Å². The van der Waals surface area contributed by atoms with Crippen LogP contribution < -0.4 is 5.32 Å². The van der Waals surface area contributed by atoms with Crippen LogP contribution in [0.1, 0.15) is 18.5 Å². The van der Waals surface area contributed by atoms with Gasteiger partial charge in [-0.05, 0) is 29.8 Å². The van der Waals surface area contributed by atoms with E-state index >= 15 is 0 Å². The van der Waals surface area contributed by atoms with Crippen molar-refractivity contribution in [3.05, 3.63) is 34.3 Å². The predicted molar refractivity (Wildman–Crippen MR) is 71.4 cm³/mol. The summed E-state index contributed by atoms with van der Waals surface area (Å²) in [6.45, 7) is 3.43. The van der Waals surface area contributed by atoms with Crippen LogP contribution in [0, 0.1) is 5.92 Å². The predicted octanol–water partition coefficient (Wildman–Crippen LogP) is 3.46. The van der Waals surface area contributed by atoms with Crippen LogP contribution in [0.3, 0.4) is 0 Å². The minimum absolute atomic E-state index is 0.496. The molecular weight excluding hydrogens is 270 g/mol. The second kappa shape index (κ2) is 5.37. The van der Waals surface area contributed by atoms with Gasteiger partial charge < -0.3 is 5.32 Å². The van der Waals surface area contributed by atoms with E-state index in [0.717, 1.165) is 12.5 Å². The fourth-order valence-corrected chi connectivity index (χ4v) is 3.56. The zero-order chi connectivity index (χ0) is 10.7. The highest BCUT2D eigenvalue weighted by Gasteiger charge is 2.18. The number of halogens is 1. The Bertz CT molecular complexity index is 329. The van der Waals surface area contributed by atoms with E-state index in [-0.39, 0.29) is 0 Å². The molecule has 2 rings (SSSR count). The Morgan fingerprint density at radius 1 is 1.33 bits per heavy atom. The Morgan fingerprint density at radius 3 is 2.93 bits per heavy atom. The zero-order valence-electron chi connectivity index (χ0n) is 8.87. The molecule has 0 spiro atoms. The van der Waals surface area contributed by atoms with Gasteiger partial charge in [0, 0.05) is 16.3 Å². The van der Waals surface area contributed by atoms with Crippen molar-refractivity contribution in [1.82, 2.24) is 5.32 Å². The quantitative estimate of drug-likeness (QED) is 0.848. The second-order valence-corrected chi connectivity index (χ2v) is 6.05. The van der Waals surface area contributed by atoms with E-state index in [1.807, 2.05) is 0 Å². The minimum Gasteiger partial charge on any atom is -0.309 e. The van der Waals surface area contributed by atoms with Crippen LogP contribution in [-0.4, -0.2) is 18.1 Å². The average Bonchev–Trinajstić information content (AvgIpc) is 2.44. The molecule has 3 heteroatoms. The maximum atomic E-state index is 3.64. The summed E-state index contributed by atoms with van der Waals surface area (Å²) in [5.41, 5.74) is 1.39. The molecule has 0 amide bonds. The van der Waals surface area contributed by atoms with E-state index in [2.05, 4.69) is 64.2 Å². The van der Waals surface area contributed by atoms with Crippen LogP contribution in [0.2, 0.25) is 0 Å². The molecule has 1 N–H and O–H groups in total. The third-order valence-electron chi connectivity index (χ3n) is 2.68. The molecule has 2 unspecified atom stereocenters. The summed E-state index contributed by atoms with van der Waals surface area (Å²) in [6, 6.07) is 9.00. The molecule has 0 aliphatic carbocycles. The smallest absolute Gasteiger partial charge is 0.0423 e. The number of rotatable bonds is 1. The van der Waals surface area contributed by atoms with Crippen LogP contribution in [0.15, 0.2) is 28.7 Å². The Morgan fingerprint density at radius 2 is 2.13 bits per heavy atom. The minimum atomic E-state index is 0.496. The lowest BCUT2D eigenvalue weighted by atomic mass is 10.1. The molecule has 1 aliphatic rings. The van der Waals surface area contributed by atoms with Crippen molar-refractivity contribution >= 4 is 27.7 Å². The lowest BCUT2D eigenvalue weighted by Gasteiger charge is -2.17. The number of hydrogen-bond acceptors (Lipinski definition) is 2. The van der Waals surface area contributed by atoms with Gasteiger partial charge in [-0.15, -0.1) is 0 Å². The van der Waals surface area contributed by atoms with Crippen molar-refractivity contribution in [2.75, 3.05) is 18.1 Å². The molecule has 1 aliphatic heterocycles. The molecule has 2 atom stereocenters. The third-order valence-corrected chi connectivity index (χ3v) is 4.78. The molecule has 1 aromatic carbocycles. The lowest BCUT2D eigenvalue weighted by Crippen LogP contribution is -2.25. The SMILES string of the molecule is CC1CNC(c2ccccc2Br)CSC1. The largest absolute Gasteiger partial charge is 0.309 e. The van der Waals surface area contributed by atoms with E-state index in [4.69, 9.17) is 0 Å². The molecule has 1 saturated heterocycles. The maximum Gasteiger partial charge on any atom is 0.0423 e. The summed E-state index contributed by atoms with van der Waals surface area (Å²) < 4.78 is 1.22. The van der Waals surface area contributed by atoms with Crippen molar-refractivity contribution in [3.63, 3.8) is 0 Å². The first kappa shape index (κ1) is 11.5. The molecular formula is C12H16BrNS. The van der Waals surface area contributed by atoms with E-state index in [1.54, 1.807) is 0 Å². The third kappa shape index (κ3) is 2.99. The number of hydrogen-bond donors (Lipinski definition) is 1. The first-order valence-electron chi connectivity index (χ1n) is 5.33. The molecule has 1 nitrogen and oxygen atoms in total. The van der Waals surface area contributed by atoms with Crippen LogP contribution in [0.25, 0.3) is 0 Å². The fourth-order valence-electron chi connectivity index (χ4n) is 1.81. The second-order valence-electron chi connectivity index (χ2n) is 4.12. The highest BCUT2D eigenvalue weighted by molar-refractivity contribution is 9.10. The zero-order valence-corrected chi connectivity index (χ0v) is 11.3. The van der Waals surface area contributed by atoms with E-state index < -0.39 is 0 Å². The first-order chi connectivity index (χ1) is 7.27. The summed E-state index contributed by atoms with van der Waals surface area (Å²) in [6.07, 6.45) is 0.